The van der Waals surface area contributed by atoms with Gasteiger partial charge in [-0.1, -0.05) is 32.9 Å². The van der Waals surface area contributed by atoms with Crippen molar-refractivity contribution < 1.29 is 46.9 Å². The molecule has 0 aliphatic carbocycles. The lowest BCUT2D eigenvalue weighted by Gasteiger charge is -2.33. The number of methoxy groups -OCH3 is 2. The average Bonchev–Trinajstić information content (AvgIpc) is 3.05. The van der Waals surface area contributed by atoms with Crippen LogP contribution in [0.25, 0.3) is 0 Å². The van der Waals surface area contributed by atoms with Gasteiger partial charge >= 0.3 is 12.1 Å². The van der Waals surface area contributed by atoms with Crippen molar-refractivity contribution in [3.05, 3.63) is 53.1 Å². The summed E-state index contributed by atoms with van der Waals surface area (Å²) in [7, 11) is 2.81. The Balaban J connectivity index is 1.86. The minimum Gasteiger partial charge on any atom is -0.493 e. The zero-order valence-electron chi connectivity index (χ0n) is 24.9. The quantitative estimate of drug-likeness (QED) is 0.456. The largest absolute Gasteiger partial charge is 0.493 e. The van der Waals surface area contributed by atoms with Gasteiger partial charge in [0.2, 0.25) is 5.91 Å². The molecule has 2 amide bonds. The van der Waals surface area contributed by atoms with E-state index in [1.54, 1.807) is 18.2 Å². The maximum atomic E-state index is 14.2. The molecule has 0 radical (unpaired) electrons. The molecule has 2 heterocycles. The normalized spacial score (nSPS) is 21.2. The molecule has 1 saturated heterocycles. The Morgan fingerprint density at radius 1 is 1.07 bits per heavy atom. The van der Waals surface area contributed by atoms with Gasteiger partial charge < -0.3 is 29.1 Å². The van der Waals surface area contributed by atoms with Gasteiger partial charge in [-0.25, -0.2) is 0 Å². The van der Waals surface area contributed by atoms with E-state index in [1.807, 2.05) is 20.8 Å². The molecule has 2 aliphatic rings. The van der Waals surface area contributed by atoms with Gasteiger partial charge in [0, 0.05) is 36.4 Å². The van der Waals surface area contributed by atoms with Gasteiger partial charge in [-0.3, -0.25) is 14.4 Å². The van der Waals surface area contributed by atoms with Gasteiger partial charge in [-0.05, 0) is 42.5 Å². The molecule has 0 bridgehead atoms. The summed E-state index contributed by atoms with van der Waals surface area (Å²) in [6.45, 7) is 6.13. The number of alkyl halides is 3. The van der Waals surface area contributed by atoms with Gasteiger partial charge in [-0.15, -0.1) is 0 Å². The Morgan fingerprint density at radius 3 is 2.40 bits per heavy atom. The molecule has 12 heteroatoms. The van der Waals surface area contributed by atoms with Crippen molar-refractivity contribution in [1.29, 1.82) is 0 Å². The number of ether oxygens (including phenoxy) is 3. The fraction of sp³-hybridized carbons (Fsp3) is 0.516. The minimum absolute atomic E-state index is 0.00306. The van der Waals surface area contributed by atoms with Gasteiger partial charge in [0.05, 0.1) is 32.1 Å². The third-order valence-corrected chi connectivity index (χ3v) is 7.60. The van der Waals surface area contributed by atoms with E-state index in [0.717, 1.165) is 12.1 Å². The monoisotopic (exact) mass is 606 g/mol. The number of aliphatic carboxylic acids is 1. The Bertz CT molecular complexity index is 1370. The first-order valence-electron chi connectivity index (χ1n) is 14.0. The van der Waals surface area contributed by atoms with Gasteiger partial charge in [0.1, 0.15) is 12.2 Å². The molecular weight excluding hydrogens is 569 g/mol. The van der Waals surface area contributed by atoms with Gasteiger partial charge in [-0.2, -0.15) is 13.2 Å². The van der Waals surface area contributed by atoms with Crippen LogP contribution in [0, 0.1) is 11.3 Å². The van der Waals surface area contributed by atoms with Crippen molar-refractivity contribution in [3.8, 4) is 11.5 Å². The van der Waals surface area contributed by atoms with Crippen LogP contribution < -0.4 is 14.4 Å². The van der Waals surface area contributed by atoms with Gasteiger partial charge in [0.25, 0.3) is 5.91 Å². The summed E-state index contributed by atoms with van der Waals surface area (Å²) < 4.78 is 59.3. The first-order chi connectivity index (χ1) is 20.1. The summed E-state index contributed by atoms with van der Waals surface area (Å²) in [4.78, 5) is 42.1. The lowest BCUT2D eigenvalue weighted by atomic mass is 9.93. The number of benzene rings is 2. The molecule has 0 spiro atoms. The van der Waals surface area contributed by atoms with Crippen LogP contribution in [0.3, 0.4) is 0 Å². The molecule has 0 saturated carbocycles. The molecule has 234 valence electrons. The number of carbonyl (C=O) groups is 3. The van der Waals surface area contributed by atoms with E-state index >= 15 is 0 Å². The van der Waals surface area contributed by atoms with Crippen molar-refractivity contribution >= 4 is 23.5 Å². The van der Waals surface area contributed by atoms with Crippen LogP contribution in [0.1, 0.15) is 62.8 Å². The number of piperidine rings is 1. The highest BCUT2D eigenvalue weighted by molar-refractivity contribution is 6.00. The predicted molar refractivity (Wildman–Crippen MR) is 151 cm³/mol. The molecule has 9 nitrogen and oxygen atoms in total. The fourth-order valence-electron chi connectivity index (χ4n) is 5.60. The molecule has 0 aromatic heterocycles. The second-order valence-corrected chi connectivity index (χ2v) is 12.1. The fourth-order valence-corrected chi connectivity index (χ4v) is 5.60. The van der Waals surface area contributed by atoms with Gasteiger partial charge in [0.15, 0.2) is 11.5 Å². The summed E-state index contributed by atoms with van der Waals surface area (Å²) in [6.07, 6.45) is -6.80. The van der Waals surface area contributed by atoms with Crippen molar-refractivity contribution in [3.63, 3.8) is 0 Å². The van der Waals surface area contributed by atoms with Crippen LogP contribution in [-0.4, -0.2) is 67.7 Å². The summed E-state index contributed by atoms with van der Waals surface area (Å²) >= 11 is 0. The molecule has 1 unspecified atom stereocenters. The van der Waals surface area contributed by atoms with E-state index in [1.165, 1.54) is 30.1 Å². The van der Waals surface area contributed by atoms with E-state index in [9.17, 15) is 32.7 Å². The summed E-state index contributed by atoms with van der Waals surface area (Å²) in [5.74, 6) is -2.27. The second kappa shape index (κ2) is 12.4. The second-order valence-electron chi connectivity index (χ2n) is 12.1. The third kappa shape index (κ3) is 7.06. The molecule has 2 aromatic rings. The molecule has 4 rings (SSSR count). The SMILES string of the molecule is COc1cccc([C@@H]2O[C@@H](CC(=O)N3CCCC(C(=O)O)C3)C(=O)N(CC(C)(C)C)c3ccc(C(F)(F)F)cc32)c1OC. The number of hydrogen-bond acceptors (Lipinski definition) is 6. The van der Waals surface area contributed by atoms with E-state index in [-0.39, 0.29) is 30.1 Å². The first kappa shape index (κ1) is 32.1. The van der Waals surface area contributed by atoms with Crippen molar-refractivity contribution in [2.24, 2.45) is 11.3 Å². The number of anilines is 1. The highest BCUT2D eigenvalue weighted by Crippen LogP contribution is 2.46. The van der Waals surface area contributed by atoms with Crippen LogP contribution in [0.2, 0.25) is 0 Å². The van der Waals surface area contributed by atoms with Crippen molar-refractivity contribution in [2.45, 2.75) is 58.4 Å². The molecule has 2 aromatic carbocycles. The Morgan fingerprint density at radius 2 is 1.79 bits per heavy atom. The molecule has 1 fully saturated rings. The number of carboxylic acid groups (broad SMARTS) is 1. The Kier molecular flexibility index (Phi) is 9.29. The number of hydrogen-bond donors (Lipinski definition) is 1. The number of likely N-dealkylation sites (tertiary alicyclic amines) is 1. The molecular formula is C31H37F3N2O7. The zero-order chi connectivity index (χ0) is 31.7. The Labute approximate surface area is 248 Å². The molecule has 2 aliphatic heterocycles. The third-order valence-electron chi connectivity index (χ3n) is 7.60. The highest BCUT2D eigenvalue weighted by atomic mass is 19.4. The van der Waals surface area contributed by atoms with Crippen LogP contribution in [0.15, 0.2) is 36.4 Å². The first-order valence-corrected chi connectivity index (χ1v) is 14.0. The van der Waals surface area contributed by atoms with Crippen LogP contribution in [0.5, 0.6) is 11.5 Å². The minimum atomic E-state index is -4.67. The van der Waals surface area contributed by atoms with E-state index < -0.39 is 59.5 Å². The number of para-hydroxylation sites is 1. The maximum absolute atomic E-state index is 14.2. The maximum Gasteiger partial charge on any atom is 0.416 e. The lowest BCUT2D eigenvalue weighted by molar-refractivity contribution is -0.148. The smallest absolute Gasteiger partial charge is 0.416 e. The number of carboxylic acids is 1. The summed E-state index contributed by atoms with van der Waals surface area (Å²) in [5.41, 5.74) is -0.777. The van der Waals surface area contributed by atoms with Crippen LogP contribution in [-0.2, 0) is 25.3 Å². The van der Waals surface area contributed by atoms with Crippen LogP contribution >= 0.6 is 0 Å². The standard InChI is InChI=1S/C31H37F3N2O7/c1-30(2,3)17-36-22-12-11-19(31(32,33)34)14-21(22)26(20-9-6-10-23(41-4)27(20)42-5)43-24(28(36)38)15-25(37)35-13-7-8-18(16-35)29(39)40/h6,9-12,14,18,24,26H,7-8,13,15-17H2,1-5H3,(H,39,40)/t18?,24-,26-/m0/s1. The lowest BCUT2D eigenvalue weighted by Crippen LogP contribution is -2.47. The number of nitrogens with zero attached hydrogens (tertiary/aromatic N) is 2. The average molecular weight is 607 g/mol. The topological polar surface area (TPSA) is 106 Å². The predicted octanol–water partition coefficient (Wildman–Crippen LogP) is 5.30. The number of fused-ring (bicyclic) bond motifs is 1. The van der Waals surface area contributed by atoms with E-state index in [0.29, 0.717) is 30.7 Å². The highest BCUT2D eigenvalue weighted by Gasteiger charge is 2.42. The molecule has 1 N–H and O–H groups in total. The number of halogens is 3. The summed E-state index contributed by atoms with van der Waals surface area (Å²) in [5, 5.41) is 9.49. The molecule has 3 atom stereocenters. The van der Waals surface area contributed by atoms with Crippen molar-refractivity contribution in [1.82, 2.24) is 4.90 Å². The summed E-state index contributed by atoms with van der Waals surface area (Å²) in [6, 6.07) is 8.02. The molecule has 43 heavy (non-hydrogen) atoms. The van der Waals surface area contributed by atoms with Crippen LogP contribution in [0.4, 0.5) is 18.9 Å². The van der Waals surface area contributed by atoms with Crippen molar-refractivity contribution in [2.75, 3.05) is 38.8 Å². The number of carbonyl (C=O) groups excluding carboxylic acids is 2. The number of rotatable bonds is 7. The van der Waals surface area contributed by atoms with E-state index in [2.05, 4.69) is 0 Å². The Hall–Kier alpha value is -3.80. The zero-order valence-corrected chi connectivity index (χ0v) is 24.9. The van der Waals surface area contributed by atoms with E-state index in [4.69, 9.17) is 14.2 Å². The number of amides is 2.